The summed E-state index contributed by atoms with van der Waals surface area (Å²) < 4.78 is 0. The summed E-state index contributed by atoms with van der Waals surface area (Å²) in [5.41, 5.74) is 18.9. The first kappa shape index (κ1) is 32.4. The minimum absolute atomic E-state index is 0.0384. The highest BCUT2D eigenvalue weighted by atomic mass is 16.3. The normalized spacial score (nSPS) is 14.2. The van der Waals surface area contributed by atoms with E-state index in [9.17, 15) is 15.6 Å². The highest BCUT2D eigenvalue weighted by Gasteiger charge is 2.43. The SMILES string of the molecule is CCN(CC)c1cc(N)c(C2=C(O)C(c3c(N)cc(N(CC)CC)c4cc5ccccc5cc34)C2=C(C#N)C#N)c2cc3ccccc3cc12. The molecule has 0 aromatic heterocycles. The average Bonchev–Trinajstić information content (AvgIpc) is 3.13. The van der Waals surface area contributed by atoms with Crippen LogP contribution in [0.4, 0.5) is 22.7 Å². The van der Waals surface area contributed by atoms with Crippen LogP contribution in [0.25, 0.3) is 48.7 Å². The topological polar surface area (TPSA) is 126 Å². The molecule has 0 saturated heterocycles. The molecule has 7 rings (SSSR count). The zero-order chi connectivity index (χ0) is 35.3. The Balaban J connectivity index is 1.58. The minimum Gasteiger partial charge on any atom is -0.511 e. The van der Waals surface area contributed by atoms with Crippen LogP contribution in [0.2, 0.25) is 0 Å². The van der Waals surface area contributed by atoms with Gasteiger partial charge in [-0.15, -0.1) is 0 Å². The zero-order valence-electron chi connectivity index (χ0n) is 28.9. The highest BCUT2D eigenvalue weighted by Crippen LogP contribution is 2.58. The Labute approximate surface area is 292 Å². The lowest BCUT2D eigenvalue weighted by atomic mass is 9.67. The number of anilines is 4. The van der Waals surface area contributed by atoms with Crippen LogP contribution >= 0.6 is 0 Å². The van der Waals surface area contributed by atoms with E-state index >= 15 is 0 Å². The van der Waals surface area contributed by atoms with E-state index in [1.807, 2.05) is 36.4 Å². The van der Waals surface area contributed by atoms with Crippen molar-refractivity contribution in [2.75, 3.05) is 47.4 Å². The molecule has 7 heteroatoms. The molecule has 0 heterocycles. The first-order valence-corrected chi connectivity index (χ1v) is 17.3. The van der Waals surface area contributed by atoms with E-state index in [2.05, 4.69) is 98.2 Å². The summed E-state index contributed by atoms with van der Waals surface area (Å²) in [6.07, 6.45) is 0. The Morgan fingerprint density at radius 3 is 1.52 bits per heavy atom. The molecule has 0 aliphatic heterocycles. The fourth-order valence-corrected chi connectivity index (χ4v) is 7.94. The summed E-state index contributed by atoms with van der Waals surface area (Å²) >= 11 is 0. The summed E-state index contributed by atoms with van der Waals surface area (Å²) in [6, 6.07) is 33.1. The van der Waals surface area contributed by atoms with Crippen molar-refractivity contribution in [3.8, 4) is 12.1 Å². The smallest absolute Gasteiger partial charge is 0.134 e. The molecular weight excluding hydrogens is 617 g/mol. The van der Waals surface area contributed by atoms with Gasteiger partial charge in [0.2, 0.25) is 0 Å². The monoisotopic (exact) mass is 656 g/mol. The second-order valence-corrected chi connectivity index (χ2v) is 12.8. The van der Waals surface area contributed by atoms with Crippen molar-refractivity contribution >= 4 is 71.4 Å². The maximum absolute atomic E-state index is 12.3. The molecule has 0 fully saturated rings. The standard InChI is InChI=1S/C43H40N6O/c1-5-48(6-2)36-21-34(46)39(32-19-27-15-11-9-13-25(27)17-30(32)36)41-38(29(23-44)24-45)42(43(41)50)40-33-20-28-16-12-10-14-26(28)18-31(33)37(22-35(40)47)49(7-3)8-4/h9-22,41,50H,5-8,46-47H2,1-4H3. The first-order chi connectivity index (χ1) is 24.3. The summed E-state index contributed by atoms with van der Waals surface area (Å²) in [5, 5.41) is 41.0. The van der Waals surface area contributed by atoms with Gasteiger partial charge in [0.05, 0.1) is 5.92 Å². The predicted molar refractivity (Wildman–Crippen MR) is 209 cm³/mol. The third kappa shape index (κ3) is 4.85. The molecule has 1 unspecified atom stereocenters. The summed E-state index contributed by atoms with van der Waals surface area (Å²) in [4.78, 5) is 4.52. The molecule has 1 atom stereocenters. The fourth-order valence-electron chi connectivity index (χ4n) is 7.94. The van der Waals surface area contributed by atoms with Gasteiger partial charge in [-0.1, -0.05) is 48.5 Å². The second-order valence-electron chi connectivity index (χ2n) is 12.8. The van der Waals surface area contributed by atoms with E-state index in [0.29, 0.717) is 33.6 Å². The molecule has 6 aromatic rings. The van der Waals surface area contributed by atoms with Crippen molar-refractivity contribution in [2.45, 2.75) is 33.6 Å². The van der Waals surface area contributed by atoms with E-state index in [0.717, 1.165) is 80.6 Å². The van der Waals surface area contributed by atoms with Gasteiger partial charge in [-0.3, -0.25) is 0 Å². The largest absolute Gasteiger partial charge is 0.511 e. The lowest BCUT2D eigenvalue weighted by molar-refractivity contribution is 0.371. The number of aliphatic hydroxyl groups excluding tert-OH is 1. The van der Waals surface area contributed by atoms with Crippen molar-refractivity contribution in [1.82, 2.24) is 0 Å². The summed E-state index contributed by atoms with van der Waals surface area (Å²) in [7, 11) is 0. The van der Waals surface area contributed by atoms with Gasteiger partial charge in [0.25, 0.3) is 0 Å². The van der Waals surface area contributed by atoms with Gasteiger partial charge in [0.1, 0.15) is 23.5 Å². The second kappa shape index (κ2) is 12.7. The fraction of sp³-hybridized carbons (Fsp3) is 0.209. The Morgan fingerprint density at radius 2 is 1.06 bits per heavy atom. The molecule has 0 amide bonds. The predicted octanol–water partition coefficient (Wildman–Crippen LogP) is 9.57. The van der Waals surface area contributed by atoms with Crippen LogP contribution in [0.1, 0.15) is 44.7 Å². The number of allylic oxidation sites excluding steroid dienone is 3. The van der Waals surface area contributed by atoms with Crippen molar-refractivity contribution in [3.05, 3.63) is 113 Å². The first-order valence-electron chi connectivity index (χ1n) is 17.3. The van der Waals surface area contributed by atoms with Gasteiger partial charge in [0, 0.05) is 76.4 Å². The molecule has 0 saturated carbocycles. The maximum atomic E-state index is 12.3. The van der Waals surface area contributed by atoms with Gasteiger partial charge in [-0.2, -0.15) is 10.5 Å². The molecule has 0 radical (unpaired) electrons. The number of hydrogen-bond donors (Lipinski definition) is 3. The number of nitriles is 2. The summed E-state index contributed by atoms with van der Waals surface area (Å²) in [5.74, 6) is -0.762. The molecule has 7 nitrogen and oxygen atoms in total. The van der Waals surface area contributed by atoms with Crippen LogP contribution in [-0.2, 0) is 0 Å². The molecule has 1 aliphatic carbocycles. The molecule has 5 N–H and O–H groups in total. The number of hydrogen-bond acceptors (Lipinski definition) is 7. The molecule has 6 aromatic carbocycles. The number of nitrogens with zero attached hydrogens (tertiary/aromatic N) is 4. The average molecular weight is 657 g/mol. The Bertz CT molecular complexity index is 2490. The van der Waals surface area contributed by atoms with E-state index in [4.69, 9.17) is 11.5 Å². The van der Waals surface area contributed by atoms with Crippen LogP contribution in [0.3, 0.4) is 0 Å². The quantitative estimate of drug-likeness (QED) is 0.0846. The minimum atomic E-state index is -0.800. The Hall–Kier alpha value is -6.18. The maximum Gasteiger partial charge on any atom is 0.134 e. The summed E-state index contributed by atoms with van der Waals surface area (Å²) in [6.45, 7) is 11.6. The lowest BCUT2D eigenvalue weighted by Crippen LogP contribution is -2.26. The molecular formula is C43H40N6O. The van der Waals surface area contributed by atoms with Crippen LogP contribution < -0.4 is 21.3 Å². The number of nitrogens with two attached hydrogens (primary N) is 2. The van der Waals surface area contributed by atoms with Crippen LogP contribution in [0.5, 0.6) is 0 Å². The molecule has 0 spiro atoms. The van der Waals surface area contributed by atoms with Crippen LogP contribution in [0.15, 0.2) is 102 Å². The van der Waals surface area contributed by atoms with Gasteiger partial charge in [-0.05, 0) is 102 Å². The van der Waals surface area contributed by atoms with Gasteiger partial charge < -0.3 is 26.4 Å². The van der Waals surface area contributed by atoms with Crippen LogP contribution in [0, 0.1) is 22.7 Å². The van der Waals surface area contributed by atoms with E-state index < -0.39 is 5.92 Å². The van der Waals surface area contributed by atoms with E-state index in [1.54, 1.807) is 0 Å². The number of aliphatic hydroxyl groups is 1. The van der Waals surface area contributed by atoms with Crippen LogP contribution in [-0.4, -0.2) is 31.3 Å². The molecule has 50 heavy (non-hydrogen) atoms. The zero-order valence-corrected chi connectivity index (χ0v) is 28.9. The van der Waals surface area contributed by atoms with Crippen molar-refractivity contribution in [3.63, 3.8) is 0 Å². The van der Waals surface area contributed by atoms with Gasteiger partial charge in [0.15, 0.2) is 0 Å². The Morgan fingerprint density at radius 1 is 0.640 bits per heavy atom. The van der Waals surface area contributed by atoms with E-state index in [-0.39, 0.29) is 11.3 Å². The number of nitrogen functional groups attached to an aromatic ring is 2. The van der Waals surface area contributed by atoms with Crippen molar-refractivity contribution in [1.29, 1.82) is 10.5 Å². The number of fused-ring (bicyclic) bond motifs is 4. The molecule has 248 valence electrons. The third-order valence-electron chi connectivity index (χ3n) is 10.4. The molecule has 0 bridgehead atoms. The molecule has 1 aliphatic rings. The van der Waals surface area contributed by atoms with Crippen molar-refractivity contribution < 1.29 is 5.11 Å². The van der Waals surface area contributed by atoms with Gasteiger partial charge >= 0.3 is 0 Å². The van der Waals surface area contributed by atoms with Crippen molar-refractivity contribution in [2.24, 2.45) is 0 Å². The highest BCUT2D eigenvalue weighted by molar-refractivity contribution is 6.16. The third-order valence-corrected chi connectivity index (χ3v) is 10.4. The Kier molecular flexibility index (Phi) is 8.22. The number of rotatable bonds is 8. The van der Waals surface area contributed by atoms with E-state index in [1.165, 1.54) is 0 Å². The lowest BCUT2D eigenvalue weighted by Gasteiger charge is -2.37. The number of benzene rings is 6. The van der Waals surface area contributed by atoms with Gasteiger partial charge in [-0.25, -0.2) is 0 Å².